The number of nitrogens with zero attached hydrogens (tertiary/aromatic N) is 1. The maximum atomic E-state index is 11.8. The van der Waals surface area contributed by atoms with Crippen LogP contribution in [0.25, 0.3) is 0 Å². The summed E-state index contributed by atoms with van der Waals surface area (Å²) < 4.78 is 11.1. The fraction of sp³-hybridized carbons (Fsp3) is 0.455. The van der Waals surface area contributed by atoms with Gasteiger partial charge in [0, 0.05) is 32.2 Å². The molecule has 29 heavy (non-hydrogen) atoms. The van der Waals surface area contributed by atoms with Crippen LogP contribution in [0.2, 0.25) is 0 Å². The summed E-state index contributed by atoms with van der Waals surface area (Å²) in [7, 11) is 1.71. The molecule has 7 heteroatoms. The molecule has 0 spiro atoms. The number of amides is 1. The standard InChI is InChI=1S/C22H32N4O3/c1-16(2)9-13-29-20-14-17(3)7-8-18(20)15-26-22(23-4)25-11-10-24-21(27)19-6-5-12-28-19/h5-8,12,14,16H,9-11,13,15H2,1-4H3,(H,24,27)(H2,23,25,26). The van der Waals surface area contributed by atoms with Crippen molar-refractivity contribution in [2.75, 3.05) is 26.7 Å². The third-order valence-corrected chi connectivity index (χ3v) is 4.29. The normalized spacial score (nSPS) is 11.4. The minimum Gasteiger partial charge on any atom is -0.493 e. The second-order valence-electron chi connectivity index (χ2n) is 7.23. The van der Waals surface area contributed by atoms with E-state index in [1.54, 1.807) is 19.2 Å². The maximum Gasteiger partial charge on any atom is 0.287 e. The molecule has 0 atom stereocenters. The first-order valence-corrected chi connectivity index (χ1v) is 9.98. The lowest BCUT2D eigenvalue weighted by atomic mass is 10.1. The number of ether oxygens (including phenoxy) is 1. The molecule has 7 nitrogen and oxygen atoms in total. The third-order valence-electron chi connectivity index (χ3n) is 4.29. The summed E-state index contributed by atoms with van der Waals surface area (Å²) >= 11 is 0. The SMILES string of the molecule is CN=C(NCCNC(=O)c1ccco1)NCc1ccc(C)cc1OCCC(C)C. The quantitative estimate of drug-likeness (QED) is 0.324. The number of nitrogens with one attached hydrogen (secondary N) is 3. The number of guanidine groups is 1. The van der Waals surface area contributed by atoms with Gasteiger partial charge in [0.15, 0.2) is 11.7 Å². The van der Waals surface area contributed by atoms with E-state index in [0.717, 1.165) is 17.7 Å². The predicted octanol–water partition coefficient (Wildman–Crippen LogP) is 3.11. The van der Waals surface area contributed by atoms with Crippen LogP contribution >= 0.6 is 0 Å². The van der Waals surface area contributed by atoms with Crippen molar-refractivity contribution in [2.24, 2.45) is 10.9 Å². The van der Waals surface area contributed by atoms with E-state index in [-0.39, 0.29) is 5.91 Å². The number of benzene rings is 1. The molecule has 1 heterocycles. The predicted molar refractivity (Wildman–Crippen MR) is 115 cm³/mol. The topological polar surface area (TPSA) is 87.9 Å². The monoisotopic (exact) mass is 400 g/mol. The first kappa shape index (κ1) is 22.3. The van der Waals surface area contributed by atoms with Crippen molar-refractivity contribution in [3.8, 4) is 5.75 Å². The summed E-state index contributed by atoms with van der Waals surface area (Å²) in [5, 5.41) is 9.26. The van der Waals surface area contributed by atoms with Crippen LogP contribution in [0, 0.1) is 12.8 Å². The second-order valence-corrected chi connectivity index (χ2v) is 7.23. The van der Waals surface area contributed by atoms with Crippen LogP contribution in [0.15, 0.2) is 46.0 Å². The van der Waals surface area contributed by atoms with E-state index in [2.05, 4.69) is 59.9 Å². The molecule has 2 aromatic rings. The van der Waals surface area contributed by atoms with Crippen LogP contribution in [0.1, 0.15) is 41.9 Å². The van der Waals surface area contributed by atoms with Crippen LogP contribution < -0.4 is 20.7 Å². The molecule has 0 fully saturated rings. The Morgan fingerprint density at radius 1 is 1.17 bits per heavy atom. The average molecular weight is 401 g/mol. The zero-order chi connectivity index (χ0) is 21.1. The second kappa shape index (κ2) is 11.8. The Bertz CT molecular complexity index is 785. The lowest BCUT2D eigenvalue weighted by molar-refractivity contribution is 0.0926. The molecule has 0 aliphatic heterocycles. The molecule has 0 saturated carbocycles. The Labute approximate surface area is 172 Å². The highest BCUT2D eigenvalue weighted by Gasteiger charge is 2.08. The fourth-order valence-electron chi connectivity index (χ4n) is 2.60. The van der Waals surface area contributed by atoms with Gasteiger partial charge >= 0.3 is 0 Å². The van der Waals surface area contributed by atoms with E-state index in [4.69, 9.17) is 9.15 Å². The molecular weight excluding hydrogens is 368 g/mol. The number of aryl methyl sites for hydroxylation is 1. The zero-order valence-electron chi connectivity index (χ0n) is 17.7. The van der Waals surface area contributed by atoms with Crippen LogP contribution in [0.3, 0.4) is 0 Å². The van der Waals surface area contributed by atoms with E-state index in [0.29, 0.717) is 43.9 Å². The molecule has 0 bridgehead atoms. The van der Waals surface area contributed by atoms with Gasteiger partial charge in [-0.25, -0.2) is 0 Å². The summed E-state index contributed by atoms with van der Waals surface area (Å²) in [4.78, 5) is 16.1. The van der Waals surface area contributed by atoms with Crippen LogP contribution in [-0.4, -0.2) is 38.6 Å². The number of hydrogen-bond donors (Lipinski definition) is 3. The highest BCUT2D eigenvalue weighted by molar-refractivity contribution is 5.91. The summed E-state index contributed by atoms with van der Waals surface area (Å²) in [5.41, 5.74) is 2.25. The van der Waals surface area contributed by atoms with Gasteiger partial charge in [0.2, 0.25) is 0 Å². The first-order chi connectivity index (χ1) is 14.0. The molecular formula is C22H32N4O3. The molecule has 3 N–H and O–H groups in total. The van der Waals surface area contributed by atoms with Gasteiger partial charge in [0.1, 0.15) is 5.75 Å². The van der Waals surface area contributed by atoms with Gasteiger partial charge in [-0.05, 0) is 43.0 Å². The molecule has 1 amide bonds. The fourth-order valence-corrected chi connectivity index (χ4v) is 2.60. The Hall–Kier alpha value is -2.96. The summed E-state index contributed by atoms with van der Waals surface area (Å²) in [6, 6.07) is 9.53. The van der Waals surface area contributed by atoms with Crippen molar-refractivity contribution in [1.29, 1.82) is 0 Å². The molecule has 158 valence electrons. The van der Waals surface area contributed by atoms with Crippen LogP contribution in [0.4, 0.5) is 0 Å². The van der Waals surface area contributed by atoms with Crippen molar-refractivity contribution >= 4 is 11.9 Å². The van der Waals surface area contributed by atoms with Crippen LogP contribution in [0.5, 0.6) is 5.75 Å². The lowest BCUT2D eigenvalue weighted by Crippen LogP contribution is -2.41. The van der Waals surface area contributed by atoms with Crippen molar-refractivity contribution in [1.82, 2.24) is 16.0 Å². The van der Waals surface area contributed by atoms with Gasteiger partial charge in [-0.2, -0.15) is 0 Å². The van der Waals surface area contributed by atoms with Gasteiger partial charge in [0.05, 0.1) is 12.9 Å². The zero-order valence-corrected chi connectivity index (χ0v) is 17.7. The van der Waals surface area contributed by atoms with Gasteiger partial charge in [-0.3, -0.25) is 9.79 Å². The number of hydrogen-bond acceptors (Lipinski definition) is 4. The van der Waals surface area contributed by atoms with Crippen molar-refractivity contribution in [3.05, 3.63) is 53.5 Å². The molecule has 2 rings (SSSR count). The molecule has 0 unspecified atom stereocenters. The van der Waals surface area contributed by atoms with Crippen molar-refractivity contribution in [3.63, 3.8) is 0 Å². The van der Waals surface area contributed by atoms with Crippen molar-refractivity contribution < 1.29 is 13.9 Å². The third kappa shape index (κ3) is 7.89. The molecule has 0 radical (unpaired) electrons. The van der Waals surface area contributed by atoms with Gasteiger partial charge in [-0.1, -0.05) is 26.0 Å². The Morgan fingerprint density at radius 2 is 1.97 bits per heavy atom. The molecule has 0 aliphatic carbocycles. The summed E-state index contributed by atoms with van der Waals surface area (Å²) in [6.07, 6.45) is 2.50. The van der Waals surface area contributed by atoms with Gasteiger partial charge in [-0.15, -0.1) is 0 Å². The molecule has 1 aromatic heterocycles. The minimum absolute atomic E-state index is 0.234. The molecule has 0 saturated heterocycles. The number of carbonyl (C=O) groups is 1. The number of aliphatic imine (C=N–C) groups is 1. The Morgan fingerprint density at radius 3 is 2.66 bits per heavy atom. The van der Waals surface area contributed by atoms with E-state index in [9.17, 15) is 4.79 Å². The number of furan rings is 1. The Balaban J connectivity index is 1.78. The molecule has 0 aliphatic rings. The Kier molecular flexibility index (Phi) is 9.08. The van der Waals surface area contributed by atoms with E-state index in [1.807, 2.05) is 0 Å². The van der Waals surface area contributed by atoms with Crippen LogP contribution in [-0.2, 0) is 6.54 Å². The summed E-state index contributed by atoms with van der Waals surface area (Å²) in [6.45, 7) is 8.73. The van der Waals surface area contributed by atoms with E-state index >= 15 is 0 Å². The largest absolute Gasteiger partial charge is 0.493 e. The summed E-state index contributed by atoms with van der Waals surface area (Å²) in [5.74, 6) is 2.24. The maximum absolute atomic E-state index is 11.8. The molecule has 1 aromatic carbocycles. The number of carbonyl (C=O) groups excluding carboxylic acids is 1. The van der Waals surface area contributed by atoms with E-state index in [1.165, 1.54) is 11.8 Å². The highest BCUT2D eigenvalue weighted by Crippen LogP contribution is 2.21. The van der Waals surface area contributed by atoms with Crippen molar-refractivity contribution in [2.45, 2.75) is 33.7 Å². The number of rotatable bonds is 10. The lowest BCUT2D eigenvalue weighted by Gasteiger charge is -2.16. The van der Waals surface area contributed by atoms with E-state index < -0.39 is 0 Å². The smallest absolute Gasteiger partial charge is 0.287 e. The average Bonchev–Trinajstić information content (AvgIpc) is 3.23. The first-order valence-electron chi connectivity index (χ1n) is 9.98. The highest BCUT2D eigenvalue weighted by atomic mass is 16.5. The van der Waals surface area contributed by atoms with Gasteiger partial charge < -0.3 is 25.1 Å². The minimum atomic E-state index is -0.234. The van der Waals surface area contributed by atoms with Gasteiger partial charge in [0.25, 0.3) is 5.91 Å².